The maximum Gasteiger partial charge on any atom is 0.176 e. The molecule has 2 fully saturated rings. The Labute approximate surface area is 138 Å². The molecule has 23 heavy (non-hydrogen) atoms. The van der Waals surface area contributed by atoms with E-state index < -0.39 is 0 Å². The molecule has 0 radical (unpaired) electrons. The van der Waals surface area contributed by atoms with Crippen LogP contribution in [0.4, 0.5) is 0 Å². The summed E-state index contributed by atoms with van der Waals surface area (Å²) in [5.41, 5.74) is 3.58. The third kappa shape index (κ3) is 3.36. The molecule has 1 aromatic rings. The molecule has 0 spiro atoms. The largest absolute Gasteiger partial charge is 0.377 e. The third-order valence-electron chi connectivity index (χ3n) is 5.69. The second-order valence-corrected chi connectivity index (χ2v) is 7.30. The minimum atomic E-state index is 0.512. The summed E-state index contributed by atoms with van der Waals surface area (Å²) < 4.78 is 7.22. The topological polar surface area (TPSA) is 52.0 Å². The molecular formula is C18H28N4O. The van der Waals surface area contributed by atoms with E-state index in [4.69, 9.17) is 4.74 Å². The van der Waals surface area contributed by atoms with Crippen molar-refractivity contribution in [2.75, 3.05) is 7.11 Å². The number of allylic oxidation sites excluding steroid dienone is 2. The van der Waals surface area contributed by atoms with Crippen molar-refractivity contribution in [2.24, 2.45) is 0 Å². The molecule has 1 aliphatic heterocycles. The Balaban J connectivity index is 1.30. The fraction of sp³-hybridized carbons (Fsp3) is 0.778. The average molecular weight is 316 g/mol. The Morgan fingerprint density at radius 2 is 1.78 bits per heavy atom. The molecule has 0 aromatic carbocycles. The van der Waals surface area contributed by atoms with E-state index in [1.54, 1.807) is 18.3 Å². The van der Waals surface area contributed by atoms with Crippen molar-refractivity contribution >= 4 is 0 Å². The van der Waals surface area contributed by atoms with Crippen LogP contribution in [0.25, 0.3) is 0 Å². The Morgan fingerprint density at radius 1 is 1.04 bits per heavy atom. The van der Waals surface area contributed by atoms with Gasteiger partial charge in [0.25, 0.3) is 0 Å². The number of hydrogen-bond acceptors (Lipinski definition) is 4. The number of fused-ring (bicyclic) bond motifs is 1. The number of rotatable bonds is 4. The third-order valence-corrected chi connectivity index (χ3v) is 5.69. The molecule has 126 valence electrons. The second kappa shape index (κ2) is 6.73. The van der Waals surface area contributed by atoms with Gasteiger partial charge in [-0.1, -0.05) is 11.1 Å². The maximum atomic E-state index is 5.14. The van der Waals surface area contributed by atoms with Gasteiger partial charge >= 0.3 is 0 Å². The Morgan fingerprint density at radius 3 is 2.48 bits per heavy atom. The lowest BCUT2D eigenvalue weighted by Crippen LogP contribution is -2.44. The van der Waals surface area contributed by atoms with E-state index in [9.17, 15) is 0 Å². The van der Waals surface area contributed by atoms with Crippen molar-refractivity contribution < 1.29 is 4.74 Å². The fourth-order valence-electron chi connectivity index (χ4n) is 4.21. The zero-order valence-corrected chi connectivity index (χ0v) is 14.2. The quantitative estimate of drug-likeness (QED) is 0.868. The van der Waals surface area contributed by atoms with Gasteiger partial charge in [0, 0.05) is 25.6 Å². The number of aromatic nitrogens is 3. The summed E-state index contributed by atoms with van der Waals surface area (Å²) in [4.78, 5) is 4.56. The summed E-state index contributed by atoms with van der Waals surface area (Å²) in [6.45, 7) is 1.47. The Hall–Kier alpha value is -1.20. The first kappa shape index (κ1) is 15.3. The molecule has 5 nitrogen and oxygen atoms in total. The highest BCUT2D eigenvalue weighted by Gasteiger charge is 2.26. The molecule has 0 amide bonds. The summed E-state index contributed by atoms with van der Waals surface area (Å²) in [6, 6.07) is 1.23. The van der Waals surface area contributed by atoms with Gasteiger partial charge < -0.3 is 10.1 Å². The second-order valence-electron chi connectivity index (χ2n) is 7.30. The van der Waals surface area contributed by atoms with Crippen LogP contribution in [0.3, 0.4) is 0 Å². The first-order chi connectivity index (χ1) is 11.3. The normalized spacial score (nSPS) is 27.7. The van der Waals surface area contributed by atoms with Gasteiger partial charge in [0.1, 0.15) is 12.4 Å². The zero-order chi connectivity index (χ0) is 15.6. The molecule has 1 atom stereocenters. The van der Waals surface area contributed by atoms with Crippen molar-refractivity contribution in [3.63, 3.8) is 0 Å². The van der Waals surface area contributed by atoms with Crippen LogP contribution in [-0.4, -0.2) is 34.0 Å². The van der Waals surface area contributed by atoms with Crippen LogP contribution in [0, 0.1) is 0 Å². The van der Waals surface area contributed by atoms with Crippen LogP contribution >= 0.6 is 0 Å². The smallest absolute Gasteiger partial charge is 0.176 e. The fourth-order valence-corrected chi connectivity index (χ4v) is 4.21. The van der Waals surface area contributed by atoms with E-state index >= 15 is 0 Å². The van der Waals surface area contributed by atoms with Crippen molar-refractivity contribution in [3.05, 3.63) is 22.8 Å². The molecule has 3 aliphatic rings. The number of methoxy groups -OCH3 is 1. The van der Waals surface area contributed by atoms with Crippen molar-refractivity contribution in [2.45, 2.75) is 83.0 Å². The lowest BCUT2D eigenvalue weighted by atomic mass is 9.80. The van der Waals surface area contributed by atoms with E-state index in [-0.39, 0.29) is 0 Å². The van der Waals surface area contributed by atoms with E-state index in [2.05, 4.69) is 20.1 Å². The standard InChI is InChI=1S/C18H28N4O/c1-23-12-17-20-18-10-9-16(11-22(18)21-17)19-15-7-5-14(6-8-15)13-3-2-4-13/h15-16,19H,2-12H2,1H3. The molecule has 0 bridgehead atoms. The number of nitrogens with zero attached hydrogens (tertiary/aromatic N) is 3. The summed E-state index contributed by atoms with van der Waals surface area (Å²) in [5.74, 6) is 1.94. The lowest BCUT2D eigenvalue weighted by Gasteiger charge is -2.33. The summed E-state index contributed by atoms with van der Waals surface area (Å²) in [5, 5.41) is 8.46. The molecule has 0 saturated heterocycles. The minimum absolute atomic E-state index is 0.512. The first-order valence-corrected chi connectivity index (χ1v) is 9.19. The van der Waals surface area contributed by atoms with Crippen LogP contribution in [-0.2, 0) is 24.3 Å². The summed E-state index contributed by atoms with van der Waals surface area (Å²) >= 11 is 0. The van der Waals surface area contributed by atoms with Crippen LogP contribution < -0.4 is 5.32 Å². The summed E-state index contributed by atoms with van der Waals surface area (Å²) in [6.07, 6.45) is 11.7. The van der Waals surface area contributed by atoms with E-state index in [1.807, 2.05) is 0 Å². The number of ether oxygens (including phenoxy) is 1. The minimum Gasteiger partial charge on any atom is -0.377 e. The van der Waals surface area contributed by atoms with E-state index in [0.717, 1.165) is 24.6 Å². The van der Waals surface area contributed by atoms with Gasteiger partial charge in [0.2, 0.25) is 0 Å². The number of aryl methyl sites for hydroxylation is 1. The van der Waals surface area contributed by atoms with E-state index in [0.29, 0.717) is 18.7 Å². The highest BCUT2D eigenvalue weighted by Crippen LogP contribution is 2.36. The Bertz CT molecular complexity index is 576. The van der Waals surface area contributed by atoms with Gasteiger partial charge in [-0.15, -0.1) is 0 Å². The number of nitrogens with one attached hydrogen (secondary N) is 1. The van der Waals surface area contributed by atoms with E-state index in [1.165, 1.54) is 51.4 Å². The van der Waals surface area contributed by atoms with Crippen molar-refractivity contribution in [1.82, 2.24) is 20.1 Å². The Kier molecular flexibility index (Phi) is 4.49. The molecule has 1 unspecified atom stereocenters. The highest BCUT2D eigenvalue weighted by molar-refractivity contribution is 5.21. The summed E-state index contributed by atoms with van der Waals surface area (Å²) in [7, 11) is 1.70. The molecule has 1 N–H and O–H groups in total. The molecule has 2 heterocycles. The van der Waals surface area contributed by atoms with Crippen molar-refractivity contribution in [3.8, 4) is 0 Å². The lowest BCUT2D eigenvalue weighted by molar-refractivity contribution is 0.177. The molecule has 2 aliphatic carbocycles. The zero-order valence-electron chi connectivity index (χ0n) is 14.2. The molecule has 2 saturated carbocycles. The SMILES string of the molecule is COCc1nc2n(n1)CC(NC1CCC(=C3CCC3)CC1)CC2. The predicted octanol–water partition coefficient (Wildman–Crippen LogP) is 2.75. The first-order valence-electron chi connectivity index (χ1n) is 9.19. The average Bonchev–Trinajstić information content (AvgIpc) is 2.89. The van der Waals surface area contributed by atoms with Crippen LogP contribution in [0.2, 0.25) is 0 Å². The number of hydrogen-bond donors (Lipinski definition) is 1. The van der Waals surface area contributed by atoms with Crippen LogP contribution in [0.5, 0.6) is 0 Å². The van der Waals surface area contributed by atoms with Gasteiger partial charge in [-0.3, -0.25) is 0 Å². The van der Waals surface area contributed by atoms with Gasteiger partial charge in [-0.05, 0) is 51.4 Å². The molecule has 5 heteroatoms. The van der Waals surface area contributed by atoms with Crippen molar-refractivity contribution in [1.29, 1.82) is 0 Å². The molecular weight excluding hydrogens is 288 g/mol. The molecule has 4 rings (SSSR count). The van der Waals surface area contributed by atoms with Crippen LogP contribution in [0.15, 0.2) is 11.1 Å². The highest BCUT2D eigenvalue weighted by atomic mass is 16.5. The monoisotopic (exact) mass is 316 g/mol. The van der Waals surface area contributed by atoms with Gasteiger partial charge in [0.15, 0.2) is 5.82 Å². The van der Waals surface area contributed by atoms with Gasteiger partial charge in [0.05, 0.1) is 6.54 Å². The predicted molar refractivity (Wildman–Crippen MR) is 89.1 cm³/mol. The maximum absolute atomic E-state index is 5.14. The van der Waals surface area contributed by atoms with Crippen LogP contribution in [0.1, 0.15) is 63.0 Å². The van der Waals surface area contributed by atoms with Gasteiger partial charge in [-0.2, -0.15) is 5.10 Å². The van der Waals surface area contributed by atoms with Gasteiger partial charge in [-0.25, -0.2) is 9.67 Å². The molecule has 1 aromatic heterocycles.